The van der Waals surface area contributed by atoms with Crippen molar-refractivity contribution in [1.82, 2.24) is 0 Å². The summed E-state index contributed by atoms with van der Waals surface area (Å²) in [7, 11) is 0. The van der Waals surface area contributed by atoms with Crippen molar-refractivity contribution in [3.63, 3.8) is 0 Å². The second-order valence-corrected chi connectivity index (χ2v) is 4.46. The minimum absolute atomic E-state index is 0.0616. The van der Waals surface area contributed by atoms with Crippen LogP contribution in [0, 0.1) is 29.1 Å². The molecule has 2 rings (SSSR count). The Balaban J connectivity index is 2.56. The summed E-state index contributed by atoms with van der Waals surface area (Å²) in [5, 5.41) is 2.14. The molecule has 0 aliphatic heterocycles. The standard InChI is InChI=1S/C13H7F5N2S/c14-5-1-2-9(6(3-5)13(19)21)20-12-10(17)7(15)4-8(16)11(12)18/h1-4,20H,(H2,19,21). The Morgan fingerprint density at radius 3 is 2.05 bits per heavy atom. The normalized spacial score (nSPS) is 10.5. The van der Waals surface area contributed by atoms with Gasteiger partial charge < -0.3 is 11.1 Å². The van der Waals surface area contributed by atoms with Crippen molar-refractivity contribution in [3.8, 4) is 0 Å². The lowest BCUT2D eigenvalue weighted by molar-refractivity contribution is 0.459. The highest BCUT2D eigenvalue weighted by Crippen LogP contribution is 2.29. The summed E-state index contributed by atoms with van der Waals surface area (Å²) >= 11 is 4.68. The molecule has 0 spiro atoms. The molecular weight excluding hydrogens is 311 g/mol. The van der Waals surface area contributed by atoms with Crippen molar-refractivity contribution in [2.45, 2.75) is 0 Å². The molecule has 0 amide bonds. The molecule has 0 saturated heterocycles. The van der Waals surface area contributed by atoms with Crippen LogP contribution in [0.25, 0.3) is 0 Å². The van der Waals surface area contributed by atoms with Gasteiger partial charge in [-0.05, 0) is 18.2 Å². The molecule has 2 aromatic rings. The zero-order chi connectivity index (χ0) is 15.7. The van der Waals surface area contributed by atoms with Gasteiger partial charge in [0.15, 0.2) is 23.3 Å². The highest BCUT2D eigenvalue weighted by molar-refractivity contribution is 7.80. The molecule has 0 radical (unpaired) electrons. The molecule has 0 heterocycles. The van der Waals surface area contributed by atoms with Crippen molar-refractivity contribution < 1.29 is 22.0 Å². The van der Waals surface area contributed by atoms with E-state index in [1.807, 2.05) is 0 Å². The zero-order valence-corrected chi connectivity index (χ0v) is 11.0. The lowest BCUT2D eigenvalue weighted by atomic mass is 10.1. The van der Waals surface area contributed by atoms with E-state index in [1.165, 1.54) is 0 Å². The summed E-state index contributed by atoms with van der Waals surface area (Å²) in [5.41, 5.74) is 4.15. The maximum atomic E-state index is 13.6. The largest absolute Gasteiger partial charge is 0.389 e. The molecule has 0 unspecified atom stereocenters. The summed E-state index contributed by atoms with van der Waals surface area (Å²) in [6.45, 7) is 0. The maximum Gasteiger partial charge on any atom is 0.185 e. The van der Waals surface area contributed by atoms with E-state index in [0.717, 1.165) is 18.2 Å². The third kappa shape index (κ3) is 2.94. The molecule has 2 aromatic carbocycles. The highest BCUT2D eigenvalue weighted by atomic mass is 32.1. The Labute approximate surface area is 121 Å². The van der Waals surface area contributed by atoms with E-state index < -0.39 is 34.8 Å². The fourth-order valence-corrected chi connectivity index (χ4v) is 1.82. The quantitative estimate of drug-likeness (QED) is 0.514. The number of rotatable bonds is 3. The molecule has 0 fully saturated rings. The molecule has 2 nitrogen and oxygen atoms in total. The third-order valence-electron chi connectivity index (χ3n) is 2.62. The smallest absolute Gasteiger partial charge is 0.185 e. The van der Waals surface area contributed by atoms with Gasteiger partial charge in [0.05, 0.1) is 0 Å². The number of hydrogen-bond donors (Lipinski definition) is 2. The fraction of sp³-hybridized carbons (Fsp3) is 0. The van der Waals surface area contributed by atoms with Gasteiger partial charge in [0, 0.05) is 17.3 Å². The van der Waals surface area contributed by atoms with Crippen LogP contribution in [0.3, 0.4) is 0 Å². The Hall–Kier alpha value is -2.22. The first-order chi connectivity index (χ1) is 9.81. The van der Waals surface area contributed by atoms with Gasteiger partial charge >= 0.3 is 0 Å². The summed E-state index contributed by atoms with van der Waals surface area (Å²) in [5.74, 6) is -7.07. The summed E-state index contributed by atoms with van der Waals surface area (Å²) in [6.07, 6.45) is 0. The topological polar surface area (TPSA) is 38.0 Å². The molecule has 0 aromatic heterocycles. The minimum atomic E-state index is -1.62. The van der Waals surface area contributed by atoms with Crippen molar-refractivity contribution in [3.05, 3.63) is 58.9 Å². The summed E-state index contributed by atoms with van der Waals surface area (Å²) < 4.78 is 66.5. The van der Waals surface area contributed by atoms with Gasteiger partial charge in [-0.2, -0.15) is 0 Å². The number of thiocarbonyl (C=S) groups is 1. The second-order valence-electron chi connectivity index (χ2n) is 4.02. The van der Waals surface area contributed by atoms with Gasteiger partial charge in [-0.25, -0.2) is 22.0 Å². The first-order valence-corrected chi connectivity index (χ1v) is 5.91. The van der Waals surface area contributed by atoms with Crippen LogP contribution in [0.4, 0.5) is 33.3 Å². The van der Waals surface area contributed by atoms with Crippen LogP contribution in [-0.2, 0) is 0 Å². The number of anilines is 2. The van der Waals surface area contributed by atoms with Crippen molar-refractivity contribution >= 4 is 28.6 Å². The lowest BCUT2D eigenvalue weighted by Crippen LogP contribution is -2.13. The molecule has 21 heavy (non-hydrogen) atoms. The molecule has 0 bridgehead atoms. The van der Waals surface area contributed by atoms with Gasteiger partial charge in [0.1, 0.15) is 16.5 Å². The van der Waals surface area contributed by atoms with Gasteiger partial charge in [0.2, 0.25) is 0 Å². The lowest BCUT2D eigenvalue weighted by Gasteiger charge is -2.13. The van der Waals surface area contributed by atoms with Crippen molar-refractivity contribution in [2.24, 2.45) is 5.73 Å². The van der Waals surface area contributed by atoms with Crippen LogP contribution in [0.15, 0.2) is 24.3 Å². The monoisotopic (exact) mass is 318 g/mol. The van der Waals surface area contributed by atoms with Gasteiger partial charge in [-0.3, -0.25) is 0 Å². The van der Waals surface area contributed by atoms with E-state index in [0.29, 0.717) is 0 Å². The maximum absolute atomic E-state index is 13.6. The van der Waals surface area contributed by atoms with E-state index in [2.05, 4.69) is 17.5 Å². The number of halogens is 5. The van der Waals surface area contributed by atoms with Crippen LogP contribution in [0.1, 0.15) is 5.56 Å². The molecule has 0 saturated carbocycles. The van der Waals surface area contributed by atoms with Crippen LogP contribution < -0.4 is 11.1 Å². The van der Waals surface area contributed by atoms with E-state index in [9.17, 15) is 22.0 Å². The molecule has 8 heteroatoms. The van der Waals surface area contributed by atoms with E-state index >= 15 is 0 Å². The first-order valence-electron chi connectivity index (χ1n) is 5.50. The molecule has 0 aliphatic carbocycles. The number of hydrogen-bond acceptors (Lipinski definition) is 2. The molecular formula is C13H7F5N2S. The van der Waals surface area contributed by atoms with Gasteiger partial charge in [0.25, 0.3) is 0 Å². The average Bonchev–Trinajstić information content (AvgIpc) is 2.42. The van der Waals surface area contributed by atoms with Crippen LogP contribution in [0.2, 0.25) is 0 Å². The van der Waals surface area contributed by atoms with Gasteiger partial charge in [-0.15, -0.1) is 0 Å². The molecule has 110 valence electrons. The van der Waals surface area contributed by atoms with E-state index in [1.54, 1.807) is 0 Å². The third-order valence-corrected chi connectivity index (χ3v) is 2.84. The van der Waals surface area contributed by atoms with Crippen molar-refractivity contribution in [1.29, 1.82) is 0 Å². The van der Waals surface area contributed by atoms with E-state index in [-0.39, 0.29) is 22.3 Å². The number of nitrogens with one attached hydrogen (secondary N) is 1. The number of nitrogens with two attached hydrogens (primary N) is 1. The minimum Gasteiger partial charge on any atom is -0.389 e. The molecule has 0 aliphatic rings. The van der Waals surface area contributed by atoms with Gasteiger partial charge in [-0.1, -0.05) is 12.2 Å². The summed E-state index contributed by atoms with van der Waals surface area (Å²) in [4.78, 5) is -0.255. The predicted molar refractivity (Wildman–Crippen MR) is 71.8 cm³/mol. The summed E-state index contributed by atoms with van der Waals surface area (Å²) in [6, 6.07) is 3.06. The SMILES string of the molecule is NC(=S)c1cc(F)ccc1Nc1c(F)c(F)cc(F)c1F. The van der Waals surface area contributed by atoms with Crippen LogP contribution >= 0.6 is 12.2 Å². The number of benzene rings is 2. The highest BCUT2D eigenvalue weighted by Gasteiger charge is 2.20. The Bertz CT molecular complexity index is 707. The average molecular weight is 318 g/mol. The zero-order valence-electron chi connectivity index (χ0n) is 10.2. The van der Waals surface area contributed by atoms with Crippen molar-refractivity contribution in [2.75, 3.05) is 5.32 Å². The molecule has 0 atom stereocenters. The first kappa shape index (κ1) is 15.2. The predicted octanol–water partition coefficient (Wildman–Crippen LogP) is 3.76. The van der Waals surface area contributed by atoms with Crippen LogP contribution in [0.5, 0.6) is 0 Å². The molecule has 3 N–H and O–H groups in total. The van der Waals surface area contributed by atoms with Crippen LogP contribution in [-0.4, -0.2) is 4.99 Å². The Kier molecular flexibility index (Phi) is 4.08. The second kappa shape index (κ2) is 5.65. The fourth-order valence-electron chi connectivity index (χ4n) is 1.65. The Morgan fingerprint density at radius 1 is 0.952 bits per heavy atom. The van der Waals surface area contributed by atoms with E-state index in [4.69, 9.17) is 5.73 Å². The Morgan fingerprint density at radius 2 is 1.52 bits per heavy atom.